The van der Waals surface area contributed by atoms with Crippen LogP contribution < -0.4 is 5.73 Å². The van der Waals surface area contributed by atoms with Crippen molar-refractivity contribution in [2.45, 2.75) is 13.0 Å². The van der Waals surface area contributed by atoms with E-state index in [4.69, 9.17) is 5.73 Å². The van der Waals surface area contributed by atoms with Gasteiger partial charge in [0.15, 0.2) is 0 Å². The smallest absolute Gasteiger partial charge is 0.236 e. The van der Waals surface area contributed by atoms with Crippen molar-refractivity contribution in [3.63, 3.8) is 0 Å². The summed E-state index contributed by atoms with van der Waals surface area (Å²) in [4.78, 5) is 19.4. The summed E-state index contributed by atoms with van der Waals surface area (Å²) in [6.07, 6.45) is 0.947. The predicted molar refractivity (Wildman–Crippen MR) is 126 cm³/mol. The predicted octanol–water partition coefficient (Wildman–Crippen LogP) is 2.74. The van der Waals surface area contributed by atoms with Crippen LogP contribution in [0.5, 0.6) is 0 Å². The second-order valence-electron chi connectivity index (χ2n) is 7.09. The molecule has 2 N–H and O–H groups in total. The van der Waals surface area contributed by atoms with E-state index in [0.717, 1.165) is 52.2 Å². The lowest BCUT2D eigenvalue weighted by Crippen LogP contribution is -2.51. The van der Waals surface area contributed by atoms with Gasteiger partial charge in [-0.3, -0.25) is 14.6 Å². The Bertz CT molecular complexity index is 679. The van der Waals surface area contributed by atoms with E-state index in [0.29, 0.717) is 13.1 Å². The minimum Gasteiger partial charge on any atom is -0.339 e. The number of nitrogens with two attached hydrogens (primary N) is 1. The maximum atomic E-state index is 12.7. The molecule has 1 amide bonds. The standard InChI is InChI=1S/C21H30N4OS.2ClH/c22-8-10-23(9-6-19-4-2-1-3-5-19)17-21(26)25-13-11-24(12-14-25)16-20-7-15-27-18-20;;/h1-5,7,15,18H,6,8-14,16-17,22H2;2*1H. The Kier molecular flexibility index (Phi) is 12.5. The highest BCUT2D eigenvalue weighted by Gasteiger charge is 2.22. The van der Waals surface area contributed by atoms with Gasteiger partial charge in [0, 0.05) is 52.4 Å². The topological polar surface area (TPSA) is 52.8 Å². The van der Waals surface area contributed by atoms with Crippen LogP contribution in [0.3, 0.4) is 0 Å². The van der Waals surface area contributed by atoms with Gasteiger partial charge in [-0.05, 0) is 34.4 Å². The van der Waals surface area contributed by atoms with Gasteiger partial charge in [0.2, 0.25) is 5.91 Å². The van der Waals surface area contributed by atoms with Crippen LogP contribution in [0, 0.1) is 0 Å². The van der Waals surface area contributed by atoms with Crippen molar-refractivity contribution in [2.75, 3.05) is 52.4 Å². The summed E-state index contributed by atoms with van der Waals surface area (Å²) in [6.45, 7) is 7.19. The molecule has 1 aliphatic heterocycles. The lowest BCUT2D eigenvalue weighted by molar-refractivity contribution is -0.134. The van der Waals surface area contributed by atoms with Crippen LogP contribution in [0.25, 0.3) is 0 Å². The Labute approximate surface area is 190 Å². The largest absolute Gasteiger partial charge is 0.339 e. The maximum absolute atomic E-state index is 12.7. The van der Waals surface area contributed by atoms with Gasteiger partial charge in [-0.2, -0.15) is 11.3 Å². The zero-order valence-corrected chi connectivity index (χ0v) is 19.2. The van der Waals surface area contributed by atoms with Crippen molar-refractivity contribution >= 4 is 42.1 Å². The minimum absolute atomic E-state index is 0. The maximum Gasteiger partial charge on any atom is 0.236 e. The quantitative estimate of drug-likeness (QED) is 0.627. The molecular weight excluding hydrogens is 427 g/mol. The molecule has 0 unspecified atom stereocenters. The summed E-state index contributed by atoms with van der Waals surface area (Å²) in [5.74, 6) is 0.228. The SMILES string of the molecule is Cl.Cl.NCCN(CCc1ccccc1)CC(=O)N1CCN(Cc2ccsc2)CC1. The van der Waals surface area contributed by atoms with E-state index in [1.165, 1.54) is 11.1 Å². The van der Waals surface area contributed by atoms with E-state index in [9.17, 15) is 4.79 Å². The lowest BCUT2D eigenvalue weighted by Gasteiger charge is -2.35. The van der Waals surface area contributed by atoms with Crippen LogP contribution in [0.15, 0.2) is 47.2 Å². The molecular formula is C21H32Cl2N4OS. The highest BCUT2D eigenvalue weighted by atomic mass is 35.5. The lowest BCUT2D eigenvalue weighted by atomic mass is 10.1. The molecule has 5 nitrogen and oxygen atoms in total. The second kappa shape index (κ2) is 14.0. The van der Waals surface area contributed by atoms with Gasteiger partial charge in [-0.1, -0.05) is 30.3 Å². The molecule has 1 aliphatic rings. The third kappa shape index (κ3) is 8.62. The van der Waals surface area contributed by atoms with E-state index < -0.39 is 0 Å². The molecule has 29 heavy (non-hydrogen) atoms. The van der Waals surface area contributed by atoms with Gasteiger partial charge in [0.1, 0.15) is 0 Å². The van der Waals surface area contributed by atoms with Crippen molar-refractivity contribution < 1.29 is 4.79 Å². The molecule has 0 spiro atoms. The Balaban J connectivity index is 0.00000210. The summed E-state index contributed by atoms with van der Waals surface area (Å²) in [5.41, 5.74) is 8.43. The first-order valence-electron chi connectivity index (χ1n) is 9.72. The fourth-order valence-electron chi connectivity index (χ4n) is 3.47. The van der Waals surface area contributed by atoms with E-state index in [2.05, 4.69) is 50.9 Å². The van der Waals surface area contributed by atoms with E-state index in [1.807, 2.05) is 11.0 Å². The third-order valence-corrected chi connectivity index (χ3v) is 5.81. The molecule has 0 bridgehead atoms. The average molecular weight is 459 g/mol. The number of piperazine rings is 1. The van der Waals surface area contributed by atoms with Gasteiger partial charge >= 0.3 is 0 Å². The number of rotatable bonds is 9. The average Bonchev–Trinajstić information content (AvgIpc) is 3.21. The molecule has 8 heteroatoms. The number of hydrogen-bond donors (Lipinski definition) is 1. The van der Waals surface area contributed by atoms with Crippen molar-refractivity contribution in [2.24, 2.45) is 5.73 Å². The Morgan fingerprint density at radius 3 is 2.34 bits per heavy atom. The minimum atomic E-state index is 0. The van der Waals surface area contributed by atoms with E-state index >= 15 is 0 Å². The summed E-state index contributed by atoms with van der Waals surface area (Å²) in [5, 5.41) is 4.32. The summed E-state index contributed by atoms with van der Waals surface area (Å²) in [6, 6.07) is 12.6. The number of carbonyl (C=O) groups excluding carboxylic acids is 1. The van der Waals surface area contributed by atoms with Gasteiger partial charge in [-0.15, -0.1) is 24.8 Å². The normalized spacial score (nSPS) is 14.3. The monoisotopic (exact) mass is 458 g/mol. The molecule has 0 radical (unpaired) electrons. The highest BCUT2D eigenvalue weighted by molar-refractivity contribution is 7.07. The molecule has 1 saturated heterocycles. The summed E-state index contributed by atoms with van der Waals surface area (Å²) >= 11 is 1.74. The van der Waals surface area contributed by atoms with Crippen LogP contribution in [0.2, 0.25) is 0 Å². The first-order chi connectivity index (χ1) is 13.2. The molecule has 1 fully saturated rings. The molecule has 2 aromatic rings. The molecule has 0 aliphatic carbocycles. The first-order valence-corrected chi connectivity index (χ1v) is 10.7. The Morgan fingerprint density at radius 1 is 1.00 bits per heavy atom. The zero-order chi connectivity index (χ0) is 18.9. The molecule has 1 aromatic heterocycles. The molecule has 0 saturated carbocycles. The van der Waals surface area contributed by atoms with Gasteiger partial charge in [-0.25, -0.2) is 0 Å². The second-order valence-corrected chi connectivity index (χ2v) is 7.87. The van der Waals surface area contributed by atoms with Crippen LogP contribution >= 0.6 is 36.2 Å². The van der Waals surface area contributed by atoms with Gasteiger partial charge in [0.05, 0.1) is 6.54 Å². The van der Waals surface area contributed by atoms with E-state index in [-0.39, 0.29) is 30.7 Å². The number of hydrogen-bond acceptors (Lipinski definition) is 5. The molecule has 3 rings (SSSR count). The van der Waals surface area contributed by atoms with Crippen LogP contribution in [0.4, 0.5) is 0 Å². The fourth-order valence-corrected chi connectivity index (χ4v) is 4.13. The van der Waals surface area contributed by atoms with Crippen LogP contribution in [-0.4, -0.2) is 73.0 Å². The van der Waals surface area contributed by atoms with Crippen molar-refractivity contribution in [3.05, 3.63) is 58.3 Å². The molecule has 162 valence electrons. The number of carbonyl (C=O) groups is 1. The number of amides is 1. The van der Waals surface area contributed by atoms with Crippen molar-refractivity contribution in [3.8, 4) is 0 Å². The molecule has 1 aromatic carbocycles. The van der Waals surface area contributed by atoms with Crippen LogP contribution in [0.1, 0.15) is 11.1 Å². The Hall–Kier alpha value is -1.15. The Morgan fingerprint density at radius 2 is 1.72 bits per heavy atom. The number of thiophene rings is 1. The summed E-state index contributed by atoms with van der Waals surface area (Å²) in [7, 11) is 0. The molecule has 2 heterocycles. The first kappa shape index (κ1) is 25.9. The van der Waals surface area contributed by atoms with Crippen molar-refractivity contribution in [1.82, 2.24) is 14.7 Å². The molecule has 0 atom stereocenters. The number of benzene rings is 1. The summed E-state index contributed by atoms with van der Waals surface area (Å²) < 4.78 is 0. The number of nitrogens with zero attached hydrogens (tertiary/aromatic N) is 3. The fraction of sp³-hybridized carbons (Fsp3) is 0.476. The zero-order valence-electron chi connectivity index (χ0n) is 16.7. The van der Waals surface area contributed by atoms with Crippen molar-refractivity contribution in [1.29, 1.82) is 0 Å². The van der Waals surface area contributed by atoms with Gasteiger partial charge in [0.25, 0.3) is 0 Å². The third-order valence-electron chi connectivity index (χ3n) is 5.08. The number of halogens is 2. The highest BCUT2D eigenvalue weighted by Crippen LogP contribution is 2.12. The van der Waals surface area contributed by atoms with Gasteiger partial charge < -0.3 is 10.6 Å². The van der Waals surface area contributed by atoms with Crippen LogP contribution in [-0.2, 0) is 17.8 Å². The van der Waals surface area contributed by atoms with E-state index in [1.54, 1.807) is 11.3 Å².